The van der Waals surface area contributed by atoms with E-state index in [1.165, 1.54) is 6.42 Å². The van der Waals surface area contributed by atoms with Crippen LogP contribution in [0.15, 0.2) is 35.2 Å². The number of nitrogens with one attached hydrogen (secondary N) is 3. The highest BCUT2D eigenvalue weighted by molar-refractivity contribution is 7.89. The second-order valence-electron chi connectivity index (χ2n) is 6.70. The van der Waals surface area contributed by atoms with Gasteiger partial charge in [-0.2, -0.15) is 0 Å². The quantitative estimate of drug-likeness (QED) is 0.642. The number of benzene rings is 1. The van der Waals surface area contributed by atoms with E-state index in [4.69, 9.17) is 0 Å². The lowest BCUT2D eigenvalue weighted by molar-refractivity contribution is -0.133. The van der Waals surface area contributed by atoms with Gasteiger partial charge in [-0.15, -0.1) is 12.4 Å². The fourth-order valence-corrected chi connectivity index (χ4v) is 4.96. The van der Waals surface area contributed by atoms with Gasteiger partial charge in [0, 0.05) is 19.6 Å². The molecular weight excluding hydrogens is 362 g/mol. The summed E-state index contributed by atoms with van der Waals surface area (Å²) in [5.74, 6) is 0.475. The fraction of sp³-hybridized carbons (Fsp3) is 0.588. The number of fused-ring (bicyclic) bond motifs is 1. The van der Waals surface area contributed by atoms with Crippen LogP contribution >= 0.6 is 12.4 Å². The van der Waals surface area contributed by atoms with Crippen LogP contribution in [0.3, 0.4) is 0 Å². The molecule has 0 radical (unpaired) electrons. The SMILES string of the molecule is Cl.O=C(NCCNS(=O)(=O)c1ccccc1)[C@@]12CCCC[C@H]1CNC2. The van der Waals surface area contributed by atoms with Gasteiger partial charge in [0.05, 0.1) is 10.3 Å². The summed E-state index contributed by atoms with van der Waals surface area (Å²) in [7, 11) is -3.52. The van der Waals surface area contributed by atoms with Crippen molar-refractivity contribution in [1.29, 1.82) is 0 Å². The highest BCUT2D eigenvalue weighted by Crippen LogP contribution is 2.43. The Hall–Kier alpha value is -1.15. The van der Waals surface area contributed by atoms with Gasteiger partial charge in [-0.05, 0) is 37.4 Å². The van der Waals surface area contributed by atoms with Crippen LogP contribution in [-0.4, -0.2) is 40.5 Å². The Morgan fingerprint density at radius 3 is 2.72 bits per heavy atom. The van der Waals surface area contributed by atoms with Crippen molar-refractivity contribution in [2.45, 2.75) is 30.6 Å². The lowest BCUT2D eigenvalue weighted by Crippen LogP contribution is -2.49. The molecule has 1 aromatic carbocycles. The summed E-state index contributed by atoms with van der Waals surface area (Å²) in [4.78, 5) is 12.9. The minimum Gasteiger partial charge on any atom is -0.354 e. The minimum absolute atomic E-state index is 0. The Balaban J connectivity index is 0.00000225. The van der Waals surface area contributed by atoms with Crippen molar-refractivity contribution < 1.29 is 13.2 Å². The second-order valence-corrected chi connectivity index (χ2v) is 8.46. The molecule has 1 amide bonds. The van der Waals surface area contributed by atoms with Crippen LogP contribution in [0, 0.1) is 11.3 Å². The molecule has 2 atom stereocenters. The van der Waals surface area contributed by atoms with Gasteiger partial charge in [-0.25, -0.2) is 13.1 Å². The van der Waals surface area contributed by atoms with Crippen molar-refractivity contribution in [2.75, 3.05) is 26.2 Å². The maximum absolute atomic E-state index is 12.7. The minimum atomic E-state index is -3.52. The third-order valence-electron chi connectivity index (χ3n) is 5.25. The summed E-state index contributed by atoms with van der Waals surface area (Å²) in [6.45, 7) is 2.14. The Labute approximate surface area is 155 Å². The van der Waals surface area contributed by atoms with Crippen molar-refractivity contribution in [2.24, 2.45) is 11.3 Å². The van der Waals surface area contributed by atoms with Gasteiger partial charge in [0.2, 0.25) is 15.9 Å². The van der Waals surface area contributed by atoms with Gasteiger partial charge < -0.3 is 10.6 Å². The van der Waals surface area contributed by atoms with Gasteiger partial charge in [-0.1, -0.05) is 31.0 Å². The summed E-state index contributed by atoms with van der Waals surface area (Å²) in [6, 6.07) is 8.25. The summed E-state index contributed by atoms with van der Waals surface area (Å²) < 4.78 is 26.8. The Kier molecular flexibility index (Phi) is 6.85. The molecule has 1 saturated carbocycles. The van der Waals surface area contributed by atoms with Gasteiger partial charge in [0.25, 0.3) is 0 Å². The lowest BCUT2D eigenvalue weighted by Gasteiger charge is -2.37. The number of carbonyl (C=O) groups is 1. The van der Waals surface area contributed by atoms with E-state index in [1.54, 1.807) is 30.3 Å². The van der Waals surface area contributed by atoms with E-state index in [0.29, 0.717) is 12.5 Å². The topological polar surface area (TPSA) is 87.3 Å². The first-order valence-corrected chi connectivity index (χ1v) is 10.1. The van der Waals surface area contributed by atoms with E-state index >= 15 is 0 Å². The van der Waals surface area contributed by atoms with Gasteiger partial charge >= 0.3 is 0 Å². The van der Waals surface area contributed by atoms with Crippen LogP contribution in [0.1, 0.15) is 25.7 Å². The first kappa shape index (κ1) is 20.2. The Morgan fingerprint density at radius 1 is 1.20 bits per heavy atom. The molecule has 3 rings (SSSR count). The summed E-state index contributed by atoms with van der Waals surface area (Å²) in [6.07, 6.45) is 4.30. The second kappa shape index (κ2) is 8.49. The van der Waals surface area contributed by atoms with Crippen molar-refractivity contribution in [3.63, 3.8) is 0 Å². The molecule has 8 heteroatoms. The van der Waals surface area contributed by atoms with Crippen molar-refractivity contribution in [3.05, 3.63) is 30.3 Å². The molecule has 25 heavy (non-hydrogen) atoms. The maximum atomic E-state index is 12.7. The molecule has 0 spiro atoms. The van der Waals surface area contributed by atoms with E-state index in [9.17, 15) is 13.2 Å². The number of rotatable bonds is 6. The van der Waals surface area contributed by atoms with E-state index < -0.39 is 10.0 Å². The predicted molar refractivity (Wildman–Crippen MR) is 99.1 cm³/mol. The highest BCUT2D eigenvalue weighted by Gasteiger charge is 2.49. The smallest absolute Gasteiger partial charge is 0.240 e. The summed E-state index contributed by atoms with van der Waals surface area (Å²) in [5.41, 5.74) is -0.295. The third-order valence-corrected chi connectivity index (χ3v) is 6.72. The van der Waals surface area contributed by atoms with Crippen LogP contribution in [0.25, 0.3) is 0 Å². The average Bonchev–Trinajstić information content (AvgIpc) is 3.04. The molecular formula is C17H26ClN3O3S. The average molecular weight is 388 g/mol. The lowest BCUT2D eigenvalue weighted by atomic mass is 9.67. The predicted octanol–water partition coefficient (Wildman–Crippen LogP) is 1.28. The van der Waals surface area contributed by atoms with Crippen molar-refractivity contribution >= 4 is 28.3 Å². The van der Waals surface area contributed by atoms with Crippen LogP contribution in [0.2, 0.25) is 0 Å². The fourth-order valence-electron chi connectivity index (χ4n) is 3.91. The van der Waals surface area contributed by atoms with E-state index in [-0.39, 0.29) is 35.2 Å². The number of hydrogen-bond donors (Lipinski definition) is 3. The van der Waals surface area contributed by atoms with Gasteiger partial charge in [0.1, 0.15) is 0 Å². The molecule has 1 aliphatic heterocycles. The van der Waals surface area contributed by atoms with Gasteiger partial charge in [-0.3, -0.25) is 4.79 Å². The van der Waals surface area contributed by atoms with Crippen LogP contribution < -0.4 is 15.4 Å². The first-order valence-electron chi connectivity index (χ1n) is 8.58. The zero-order valence-corrected chi connectivity index (χ0v) is 15.8. The molecule has 0 aromatic heterocycles. The maximum Gasteiger partial charge on any atom is 0.240 e. The van der Waals surface area contributed by atoms with Gasteiger partial charge in [0.15, 0.2) is 0 Å². The Bertz CT molecular complexity index is 684. The highest BCUT2D eigenvalue weighted by atomic mass is 35.5. The normalized spacial score (nSPS) is 25.7. The number of sulfonamides is 1. The molecule has 140 valence electrons. The van der Waals surface area contributed by atoms with E-state index in [2.05, 4.69) is 15.4 Å². The molecule has 0 unspecified atom stereocenters. The third kappa shape index (κ3) is 4.34. The number of hydrogen-bond acceptors (Lipinski definition) is 4. The largest absolute Gasteiger partial charge is 0.354 e. The molecule has 3 N–H and O–H groups in total. The van der Waals surface area contributed by atoms with Crippen LogP contribution in [0.4, 0.5) is 0 Å². The van der Waals surface area contributed by atoms with E-state index in [0.717, 1.165) is 32.4 Å². The summed E-state index contributed by atoms with van der Waals surface area (Å²) in [5, 5.41) is 6.28. The monoisotopic (exact) mass is 387 g/mol. The number of halogens is 1. The van der Waals surface area contributed by atoms with E-state index in [1.807, 2.05) is 0 Å². The molecule has 6 nitrogen and oxygen atoms in total. The Morgan fingerprint density at radius 2 is 1.96 bits per heavy atom. The van der Waals surface area contributed by atoms with Crippen molar-refractivity contribution in [3.8, 4) is 0 Å². The molecule has 1 aromatic rings. The molecule has 2 fully saturated rings. The van der Waals surface area contributed by atoms with Crippen LogP contribution in [0.5, 0.6) is 0 Å². The summed E-state index contributed by atoms with van der Waals surface area (Å²) >= 11 is 0. The molecule has 0 bridgehead atoms. The van der Waals surface area contributed by atoms with Crippen molar-refractivity contribution in [1.82, 2.24) is 15.4 Å². The zero-order chi connectivity index (χ0) is 17.0. The number of amides is 1. The molecule has 2 aliphatic rings. The number of carbonyl (C=O) groups excluding carboxylic acids is 1. The molecule has 1 heterocycles. The zero-order valence-electron chi connectivity index (χ0n) is 14.2. The molecule has 1 saturated heterocycles. The standard InChI is InChI=1S/C17H25N3O3S.ClH/c21-16(17-9-5-4-6-14(17)12-18-13-17)19-10-11-20-24(22,23)15-7-2-1-3-8-15;/h1-3,7-8,14,18,20H,4-6,9-13H2,(H,19,21);1H/t14-,17+;/m0./s1. The first-order chi connectivity index (χ1) is 11.5. The van der Waals surface area contributed by atoms with Crippen LogP contribution in [-0.2, 0) is 14.8 Å². The molecule has 1 aliphatic carbocycles.